The molecule has 0 N–H and O–H groups in total. The number of carbonyl (C=O) groups excluding carboxylic acids is 1. The third-order valence-corrected chi connectivity index (χ3v) is 9.08. The zero-order valence-corrected chi connectivity index (χ0v) is 17.1. The van der Waals surface area contributed by atoms with E-state index in [2.05, 4.69) is 4.99 Å². The Morgan fingerprint density at radius 2 is 1.89 bits per heavy atom. The van der Waals surface area contributed by atoms with E-state index in [1.807, 2.05) is 35.2 Å². The molecule has 3 fully saturated rings. The Bertz CT molecular complexity index is 817. The van der Waals surface area contributed by atoms with Crippen molar-refractivity contribution in [2.75, 3.05) is 11.5 Å². The lowest BCUT2D eigenvalue weighted by atomic mass is 10.0. The Labute approximate surface area is 165 Å². The van der Waals surface area contributed by atoms with Crippen molar-refractivity contribution in [2.45, 2.75) is 56.4 Å². The molecular weight excluding hydrogens is 380 g/mol. The average Bonchev–Trinajstić information content (AvgIpc) is 3.31. The van der Waals surface area contributed by atoms with Gasteiger partial charge < -0.3 is 4.90 Å². The molecule has 3 aliphatic rings. The van der Waals surface area contributed by atoms with E-state index in [1.165, 1.54) is 37.4 Å². The van der Waals surface area contributed by atoms with E-state index >= 15 is 0 Å². The second-order valence-corrected chi connectivity index (χ2v) is 11.3. The lowest BCUT2D eigenvalue weighted by Crippen LogP contribution is -2.37. The highest BCUT2D eigenvalue weighted by atomic mass is 32.2. The summed E-state index contributed by atoms with van der Waals surface area (Å²) in [5.41, 5.74) is 1.11. The number of aliphatic imine (C=N–C) groups is 1. The number of thioether (sulfide) groups is 1. The number of carbonyl (C=O) groups is 1. The zero-order valence-electron chi connectivity index (χ0n) is 15.4. The second kappa shape index (κ2) is 7.95. The predicted molar refractivity (Wildman–Crippen MR) is 109 cm³/mol. The molecule has 0 unspecified atom stereocenters. The number of hydrogen-bond acceptors (Lipinski definition) is 4. The molecular formula is C20H26N2O3S2. The zero-order chi connectivity index (χ0) is 18.9. The molecule has 5 nitrogen and oxygen atoms in total. The van der Waals surface area contributed by atoms with Gasteiger partial charge in [-0.15, -0.1) is 0 Å². The topological polar surface area (TPSA) is 66.8 Å². The van der Waals surface area contributed by atoms with Gasteiger partial charge in [-0.2, -0.15) is 4.99 Å². The van der Waals surface area contributed by atoms with Crippen molar-refractivity contribution in [1.82, 2.24) is 4.90 Å². The Hall–Kier alpha value is -1.34. The van der Waals surface area contributed by atoms with Gasteiger partial charge in [0, 0.05) is 18.2 Å². The molecule has 0 radical (unpaired) electrons. The van der Waals surface area contributed by atoms with Crippen molar-refractivity contribution in [3.63, 3.8) is 0 Å². The summed E-state index contributed by atoms with van der Waals surface area (Å²) < 4.78 is 24.1. The summed E-state index contributed by atoms with van der Waals surface area (Å²) >= 11 is 1.47. The van der Waals surface area contributed by atoms with Crippen LogP contribution in [0, 0.1) is 5.92 Å². The molecule has 146 valence electrons. The molecule has 7 heteroatoms. The molecule has 1 aliphatic carbocycles. The van der Waals surface area contributed by atoms with Crippen LogP contribution >= 0.6 is 11.8 Å². The third kappa shape index (κ3) is 4.57. The van der Waals surface area contributed by atoms with E-state index < -0.39 is 9.84 Å². The average molecular weight is 407 g/mol. The van der Waals surface area contributed by atoms with Crippen LogP contribution in [0.1, 0.15) is 44.1 Å². The van der Waals surface area contributed by atoms with E-state index in [0.29, 0.717) is 24.1 Å². The monoisotopic (exact) mass is 406 g/mol. The van der Waals surface area contributed by atoms with Crippen molar-refractivity contribution in [3.8, 4) is 0 Å². The first-order valence-electron chi connectivity index (χ1n) is 9.79. The maximum atomic E-state index is 12.5. The van der Waals surface area contributed by atoms with Crippen molar-refractivity contribution >= 4 is 32.7 Å². The predicted octanol–water partition coefficient (Wildman–Crippen LogP) is 3.25. The standard InChI is InChI=1S/C20H26N2O3S2/c23-19(11-10-15-6-4-5-7-15)21-20-22(12-16-8-2-1-3-9-16)17-13-27(24,25)14-18(17)26-20/h1-3,8-9,15,17-18H,4-7,10-14H2/t17-,18+/m1/s1. The van der Waals surface area contributed by atoms with Gasteiger partial charge in [-0.1, -0.05) is 67.8 Å². The molecule has 2 aliphatic heterocycles. The molecule has 1 amide bonds. The maximum Gasteiger partial charge on any atom is 0.248 e. The summed E-state index contributed by atoms with van der Waals surface area (Å²) in [6.45, 7) is 0.596. The fourth-order valence-electron chi connectivity index (χ4n) is 4.39. The summed E-state index contributed by atoms with van der Waals surface area (Å²) in [7, 11) is -3.01. The van der Waals surface area contributed by atoms with Gasteiger partial charge in [0.15, 0.2) is 15.0 Å². The first kappa shape index (κ1) is 19.0. The van der Waals surface area contributed by atoms with Gasteiger partial charge in [0.25, 0.3) is 0 Å². The number of rotatable bonds is 5. The molecule has 2 atom stereocenters. The van der Waals surface area contributed by atoms with E-state index in [1.54, 1.807) is 0 Å². The number of amidine groups is 1. The second-order valence-electron chi connectivity index (χ2n) is 7.89. The lowest BCUT2D eigenvalue weighted by molar-refractivity contribution is -0.118. The van der Waals surface area contributed by atoms with Gasteiger partial charge in [0.1, 0.15) is 0 Å². The van der Waals surface area contributed by atoms with Crippen LogP contribution in [0.15, 0.2) is 35.3 Å². The van der Waals surface area contributed by atoms with Gasteiger partial charge in [-0.05, 0) is 17.9 Å². The van der Waals surface area contributed by atoms with Gasteiger partial charge in [0.2, 0.25) is 5.91 Å². The normalized spacial score (nSPS) is 28.7. The Balaban J connectivity index is 1.48. The number of fused-ring (bicyclic) bond motifs is 1. The minimum atomic E-state index is -3.01. The van der Waals surface area contributed by atoms with Gasteiger partial charge in [0.05, 0.1) is 17.5 Å². The van der Waals surface area contributed by atoms with Gasteiger partial charge >= 0.3 is 0 Å². The first-order chi connectivity index (χ1) is 13.0. The molecule has 2 saturated heterocycles. The number of nitrogens with zero attached hydrogens (tertiary/aromatic N) is 2. The molecule has 2 heterocycles. The Kier molecular flexibility index (Phi) is 5.60. The largest absolute Gasteiger partial charge is 0.342 e. The number of benzene rings is 1. The molecule has 0 bridgehead atoms. The Morgan fingerprint density at radius 1 is 1.15 bits per heavy atom. The fourth-order valence-corrected chi connectivity index (χ4v) is 8.36. The Morgan fingerprint density at radius 3 is 2.63 bits per heavy atom. The highest BCUT2D eigenvalue weighted by Crippen LogP contribution is 2.39. The van der Waals surface area contributed by atoms with Crippen molar-refractivity contribution in [2.24, 2.45) is 10.9 Å². The van der Waals surface area contributed by atoms with E-state index in [9.17, 15) is 13.2 Å². The van der Waals surface area contributed by atoms with Crippen LogP contribution in [0.3, 0.4) is 0 Å². The van der Waals surface area contributed by atoms with Crippen LogP contribution in [-0.4, -0.2) is 47.2 Å². The van der Waals surface area contributed by atoms with E-state index in [0.717, 1.165) is 12.0 Å². The summed E-state index contributed by atoms with van der Waals surface area (Å²) in [6.07, 6.45) is 6.47. The molecule has 0 aromatic heterocycles. The SMILES string of the molecule is O=C(CCC1CCCC1)N=C1S[C@H]2CS(=O)(=O)C[C@H]2N1Cc1ccccc1. The van der Waals surface area contributed by atoms with Gasteiger partial charge in [-0.3, -0.25) is 4.79 Å². The smallest absolute Gasteiger partial charge is 0.248 e. The molecule has 0 spiro atoms. The summed E-state index contributed by atoms with van der Waals surface area (Å²) in [6, 6.07) is 9.89. The maximum absolute atomic E-state index is 12.5. The highest BCUT2D eigenvalue weighted by molar-refractivity contribution is 8.15. The highest BCUT2D eigenvalue weighted by Gasteiger charge is 2.48. The molecule has 4 rings (SSSR count). The number of hydrogen-bond donors (Lipinski definition) is 0. The minimum absolute atomic E-state index is 0.0138. The fraction of sp³-hybridized carbons (Fsp3) is 0.600. The van der Waals surface area contributed by atoms with Crippen LogP contribution in [0.4, 0.5) is 0 Å². The van der Waals surface area contributed by atoms with Crippen LogP contribution in [0.25, 0.3) is 0 Å². The third-order valence-electron chi connectivity index (χ3n) is 5.83. The first-order valence-corrected chi connectivity index (χ1v) is 12.5. The molecule has 1 aromatic rings. The van der Waals surface area contributed by atoms with E-state index in [4.69, 9.17) is 0 Å². The number of amides is 1. The summed E-state index contributed by atoms with van der Waals surface area (Å²) in [5.74, 6) is 0.955. The summed E-state index contributed by atoms with van der Waals surface area (Å²) in [4.78, 5) is 18.9. The lowest BCUT2D eigenvalue weighted by Gasteiger charge is -2.24. The van der Waals surface area contributed by atoms with Crippen LogP contribution in [-0.2, 0) is 21.2 Å². The van der Waals surface area contributed by atoms with Crippen molar-refractivity contribution < 1.29 is 13.2 Å². The van der Waals surface area contributed by atoms with Crippen LogP contribution in [0.5, 0.6) is 0 Å². The quantitative estimate of drug-likeness (QED) is 0.751. The molecule has 27 heavy (non-hydrogen) atoms. The molecule has 1 aromatic carbocycles. The number of sulfone groups is 1. The van der Waals surface area contributed by atoms with Crippen molar-refractivity contribution in [1.29, 1.82) is 0 Å². The summed E-state index contributed by atoms with van der Waals surface area (Å²) in [5, 5.41) is 0.695. The molecule has 1 saturated carbocycles. The van der Waals surface area contributed by atoms with Gasteiger partial charge in [-0.25, -0.2) is 8.42 Å². The van der Waals surface area contributed by atoms with E-state index in [-0.39, 0.29) is 28.7 Å². The minimum Gasteiger partial charge on any atom is -0.342 e. The van der Waals surface area contributed by atoms with Crippen LogP contribution in [0.2, 0.25) is 0 Å². The van der Waals surface area contributed by atoms with Crippen molar-refractivity contribution in [3.05, 3.63) is 35.9 Å². The van der Waals surface area contributed by atoms with Crippen LogP contribution < -0.4 is 0 Å².